The van der Waals surface area contributed by atoms with E-state index in [1.807, 2.05) is 121 Å². The van der Waals surface area contributed by atoms with Crippen LogP contribution < -0.4 is 0 Å². The largest absolute Gasteiger partial charge is 0.416 e. The minimum Gasteiger partial charge on any atom is -0.309 e. The molecular formula is C53H31F6N5. The molecular weight excluding hydrogens is 821 g/mol. The normalized spacial score (nSPS) is 12.2. The number of aromatic nitrogens is 5. The lowest BCUT2D eigenvalue weighted by Crippen LogP contribution is -2.05. The molecule has 11 heteroatoms. The predicted octanol–water partition coefficient (Wildman–Crippen LogP) is 14.8. The van der Waals surface area contributed by atoms with Crippen LogP contribution in [0.5, 0.6) is 0 Å². The molecule has 0 unspecified atom stereocenters. The second-order valence-corrected chi connectivity index (χ2v) is 15.5. The summed E-state index contributed by atoms with van der Waals surface area (Å²) in [6, 6.07) is 55.2. The van der Waals surface area contributed by atoms with E-state index in [4.69, 9.17) is 15.0 Å². The first kappa shape index (κ1) is 38.8. The number of halogens is 6. The third-order valence-electron chi connectivity index (χ3n) is 11.6. The van der Waals surface area contributed by atoms with Crippen LogP contribution in [0.1, 0.15) is 11.1 Å². The average Bonchev–Trinajstić information content (AvgIpc) is 3.84. The van der Waals surface area contributed by atoms with Gasteiger partial charge in [0.15, 0.2) is 17.5 Å². The van der Waals surface area contributed by atoms with Crippen molar-refractivity contribution in [3.63, 3.8) is 0 Å². The topological polar surface area (TPSA) is 48.5 Å². The van der Waals surface area contributed by atoms with Crippen molar-refractivity contribution in [2.45, 2.75) is 12.4 Å². The van der Waals surface area contributed by atoms with Gasteiger partial charge in [-0.15, -0.1) is 0 Å². The van der Waals surface area contributed by atoms with E-state index in [2.05, 4.69) is 34.9 Å². The van der Waals surface area contributed by atoms with Crippen LogP contribution in [0, 0.1) is 0 Å². The first-order chi connectivity index (χ1) is 31.0. The van der Waals surface area contributed by atoms with Crippen LogP contribution in [0.25, 0.3) is 100 Å². The number of rotatable bonds is 6. The summed E-state index contributed by atoms with van der Waals surface area (Å²) in [5.41, 5.74) is 5.45. The smallest absolute Gasteiger partial charge is 0.309 e. The van der Waals surface area contributed by atoms with Crippen molar-refractivity contribution in [1.29, 1.82) is 0 Å². The number of fused-ring (bicyclic) bond motifs is 6. The number of hydrogen-bond donors (Lipinski definition) is 0. The van der Waals surface area contributed by atoms with Crippen molar-refractivity contribution in [2.24, 2.45) is 0 Å². The molecule has 5 nitrogen and oxygen atoms in total. The van der Waals surface area contributed by atoms with Crippen molar-refractivity contribution in [3.8, 4) is 56.7 Å². The molecule has 0 saturated heterocycles. The molecule has 0 spiro atoms. The van der Waals surface area contributed by atoms with Crippen molar-refractivity contribution in [1.82, 2.24) is 24.1 Å². The fraction of sp³-hybridized carbons (Fsp3) is 0.0377. The van der Waals surface area contributed by atoms with Crippen LogP contribution in [0.3, 0.4) is 0 Å². The van der Waals surface area contributed by atoms with Gasteiger partial charge in [-0.3, -0.25) is 0 Å². The molecule has 8 aromatic carbocycles. The molecule has 0 aliphatic heterocycles. The Morgan fingerprint density at radius 2 is 0.844 bits per heavy atom. The van der Waals surface area contributed by atoms with Gasteiger partial charge in [0, 0.05) is 49.5 Å². The zero-order chi connectivity index (χ0) is 43.7. The maximum Gasteiger partial charge on any atom is 0.416 e. The fourth-order valence-electron chi connectivity index (χ4n) is 8.74. The molecule has 3 heterocycles. The van der Waals surface area contributed by atoms with Gasteiger partial charge in [-0.1, -0.05) is 121 Å². The highest BCUT2D eigenvalue weighted by Crippen LogP contribution is 2.44. The van der Waals surface area contributed by atoms with Gasteiger partial charge >= 0.3 is 12.4 Å². The summed E-state index contributed by atoms with van der Waals surface area (Å²) in [4.78, 5) is 15.1. The molecule has 0 N–H and O–H groups in total. The maximum absolute atomic E-state index is 14.3. The standard InChI is InChI=1S/C53H31F6N5/c54-52(55,56)35-24-27-45-41(30-35)42-31-36(53(57,58)59)25-28-46(42)64(45)47-26-23-34(38-20-12-21-40-39-19-10-11-22-44(39)63(48(38)40)37-17-8-3-9-18-37)29-43(47)51-61-49(32-13-4-1-5-14-32)60-50(62-51)33-15-6-2-7-16-33/h1-31H. The van der Waals surface area contributed by atoms with E-state index < -0.39 is 23.5 Å². The van der Waals surface area contributed by atoms with Crippen molar-refractivity contribution in [2.75, 3.05) is 0 Å². The molecule has 0 fully saturated rings. The third-order valence-corrected chi connectivity index (χ3v) is 11.6. The van der Waals surface area contributed by atoms with Crippen molar-refractivity contribution >= 4 is 43.6 Å². The molecule has 3 aromatic heterocycles. The second-order valence-electron chi connectivity index (χ2n) is 15.5. The number of alkyl halides is 6. The Labute approximate surface area is 361 Å². The van der Waals surface area contributed by atoms with E-state index >= 15 is 0 Å². The van der Waals surface area contributed by atoms with Gasteiger partial charge in [0.2, 0.25) is 0 Å². The van der Waals surface area contributed by atoms with Gasteiger partial charge in [-0.2, -0.15) is 26.3 Å². The van der Waals surface area contributed by atoms with Crippen molar-refractivity contribution in [3.05, 3.63) is 199 Å². The van der Waals surface area contributed by atoms with E-state index in [-0.39, 0.29) is 27.6 Å². The molecule has 0 saturated carbocycles. The predicted molar refractivity (Wildman–Crippen MR) is 240 cm³/mol. The summed E-state index contributed by atoms with van der Waals surface area (Å²) in [5, 5.41) is 2.09. The van der Waals surface area contributed by atoms with E-state index in [9.17, 15) is 26.3 Å². The molecule has 310 valence electrons. The van der Waals surface area contributed by atoms with Gasteiger partial charge in [-0.25, -0.2) is 15.0 Å². The van der Waals surface area contributed by atoms with E-state index in [1.54, 1.807) is 4.57 Å². The highest BCUT2D eigenvalue weighted by Gasteiger charge is 2.34. The molecule has 11 aromatic rings. The lowest BCUT2D eigenvalue weighted by molar-refractivity contribution is -0.138. The third kappa shape index (κ3) is 6.55. The fourth-order valence-corrected chi connectivity index (χ4v) is 8.74. The lowest BCUT2D eigenvalue weighted by atomic mass is 9.98. The van der Waals surface area contributed by atoms with E-state index in [0.29, 0.717) is 22.9 Å². The SMILES string of the molecule is FC(F)(F)c1ccc2c(c1)c1cc(C(F)(F)F)ccc1n2-c1ccc(-c2cccc3c4ccccc4n(-c4ccccc4)c23)cc1-c1nc(-c2ccccc2)nc(-c2ccccc2)n1. The Bertz CT molecular complexity index is 3450. The van der Waals surface area contributed by atoms with E-state index in [0.717, 1.165) is 74.0 Å². The number of nitrogens with zero attached hydrogens (tertiary/aromatic N) is 5. The molecule has 0 aliphatic rings. The van der Waals surface area contributed by atoms with Gasteiger partial charge < -0.3 is 9.13 Å². The highest BCUT2D eigenvalue weighted by atomic mass is 19.4. The number of benzene rings is 8. The first-order valence-electron chi connectivity index (χ1n) is 20.3. The Hall–Kier alpha value is -8.05. The van der Waals surface area contributed by atoms with Crippen LogP contribution >= 0.6 is 0 Å². The molecule has 64 heavy (non-hydrogen) atoms. The molecule has 0 bridgehead atoms. The van der Waals surface area contributed by atoms with Gasteiger partial charge in [-0.05, 0) is 72.3 Å². The summed E-state index contributed by atoms with van der Waals surface area (Å²) < 4.78 is 89.5. The van der Waals surface area contributed by atoms with Crippen LogP contribution in [0.4, 0.5) is 26.3 Å². The van der Waals surface area contributed by atoms with Crippen LogP contribution in [-0.4, -0.2) is 24.1 Å². The van der Waals surface area contributed by atoms with Crippen molar-refractivity contribution < 1.29 is 26.3 Å². The molecule has 0 radical (unpaired) electrons. The summed E-state index contributed by atoms with van der Waals surface area (Å²) >= 11 is 0. The Kier molecular flexibility index (Phi) is 8.98. The average molecular weight is 852 g/mol. The zero-order valence-electron chi connectivity index (χ0n) is 33.4. The molecule has 0 atom stereocenters. The Morgan fingerprint density at radius 1 is 0.344 bits per heavy atom. The molecule has 0 aliphatic carbocycles. The summed E-state index contributed by atoms with van der Waals surface area (Å²) in [6.45, 7) is 0. The molecule has 11 rings (SSSR count). The summed E-state index contributed by atoms with van der Waals surface area (Å²) in [5.74, 6) is 0.993. The Morgan fingerprint density at radius 3 is 1.42 bits per heavy atom. The highest BCUT2D eigenvalue weighted by molar-refractivity contribution is 6.14. The van der Waals surface area contributed by atoms with Gasteiger partial charge in [0.05, 0.1) is 38.9 Å². The zero-order valence-corrected chi connectivity index (χ0v) is 33.4. The minimum atomic E-state index is -4.74. The number of hydrogen-bond acceptors (Lipinski definition) is 3. The lowest BCUT2D eigenvalue weighted by Gasteiger charge is -2.17. The monoisotopic (exact) mass is 851 g/mol. The quantitative estimate of drug-likeness (QED) is 0.157. The van der Waals surface area contributed by atoms with Gasteiger partial charge in [0.25, 0.3) is 0 Å². The Balaban J connectivity index is 1.25. The van der Waals surface area contributed by atoms with Crippen LogP contribution in [0.2, 0.25) is 0 Å². The maximum atomic E-state index is 14.3. The first-order valence-corrected chi connectivity index (χ1v) is 20.3. The van der Waals surface area contributed by atoms with E-state index in [1.165, 1.54) is 12.1 Å². The minimum absolute atomic E-state index is 0.00805. The molecule has 0 amide bonds. The number of para-hydroxylation sites is 3. The summed E-state index contributed by atoms with van der Waals surface area (Å²) in [6.07, 6.45) is -9.49. The summed E-state index contributed by atoms with van der Waals surface area (Å²) in [7, 11) is 0. The van der Waals surface area contributed by atoms with Crippen LogP contribution in [-0.2, 0) is 12.4 Å². The second kappa shape index (κ2) is 14.8. The van der Waals surface area contributed by atoms with Gasteiger partial charge in [0.1, 0.15) is 0 Å². The van der Waals surface area contributed by atoms with Crippen LogP contribution in [0.15, 0.2) is 188 Å².